The molecule has 2 fully saturated rings. The number of nitrogens with one attached hydrogen (secondary N) is 1. The van der Waals surface area contributed by atoms with Crippen molar-refractivity contribution in [2.45, 2.75) is 58.5 Å². The first-order valence-corrected chi connectivity index (χ1v) is 8.35. The number of hydrogen-bond acceptors (Lipinski definition) is 4. The number of urea groups is 1. The average Bonchev–Trinajstić information content (AvgIpc) is 2.80. The van der Waals surface area contributed by atoms with Gasteiger partial charge in [0.1, 0.15) is 0 Å². The number of amides is 2. The number of carbonyl (C=O) groups is 1. The van der Waals surface area contributed by atoms with Crippen molar-refractivity contribution >= 4 is 6.03 Å². The van der Waals surface area contributed by atoms with Crippen LogP contribution >= 0.6 is 0 Å². The number of rotatable bonds is 5. The van der Waals surface area contributed by atoms with Gasteiger partial charge in [-0.1, -0.05) is 13.8 Å². The van der Waals surface area contributed by atoms with E-state index in [9.17, 15) is 4.79 Å². The van der Waals surface area contributed by atoms with Crippen LogP contribution in [0.25, 0.3) is 0 Å². The minimum absolute atomic E-state index is 0.0149. The molecule has 0 aromatic heterocycles. The lowest BCUT2D eigenvalue weighted by atomic mass is 10.0. The van der Waals surface area contributed by atoms with Crippen molar-refractivity contribution in [2.24, 2.45) is 5.92 Å². The lowest BCUT2D eigenvalue weighted by molar-refractivity contribution is -0.189. The topological polar surface area (TPSA) is 60.0 Å². The molecule has 6 nitrogen and oxygen atoms in total. The van der Waals surface area contributed by atoms with E-state index in [0.29, 0.717) is 32.2 Å². The molecular weight excluding hydrogens is 284 g/mol. The lowest BCUT2D eigenvalue weighted by Crippen LogP contribution is -2.52. The summed E-state index contributed by atoms with van der Waals surface area (Å²) in [6.07, 6.45) is 1.63. The van der Waals surface area contributed by atoms with Crippen molar-refractivity contribution in [3.63, 3.8) is 0 Å². The zero-order chi connectivity index (χ0) is 16.2. The van der Waals surface area contributed by atoms with Gasteiger partial charge in [-0.15, -0.1) is 0 Å². The van der Waals surface area contributed by atoms with Crippen LogP contribution in [0.1, 0.15) is 40.5 Å². The molecule has 0 saturated carbocycles. The van der Waals surface area contributed by atoms with Crippen LogP contribution in [0.4, 0.5) is 4.79 Å². The highest BCUT2D eigenvalue weighted by molar-refractivity contribution is 5.74. The zero-order valence-electron chi connectivity index (χ0n) is 14.3. The highest BCUT2D eigenvalue weighted by Crippen LogP contribution is 2.33. The van der Waals surface area contributed by atoms with E-state index >= 15 is 0 Å². The second-order valence-electron chi connectivity index (χ2n) is 6.92. The Labute approximate surface area is 133 Å². The van der Waals surface area contributed by atoms with E-state index in [2.05, 4.69) is 19.2 Å². The SMILES string of the molecule is CC(C)COC[C@H](C)NC(=O)N1CCC2(CC1)OC[C@H](C)O2. The van der Waals surface area contributed by atoms with Gasteiger partial charge in [0, 0.05) is 32.5 Å². The van der Waals surface area contributed by atoms with Crippen LogP contribution in [0, 0.1) is 5.92 Å². The third kappa shape index (κ3) is 4.83. The van der Waals surface area contributed by atoms with Crippen molar-refractivity contribution in [1.82, 2.24) is 10.2 Å². The third-order valence-electron chi connectivity index (χ3n) is 4.00. The van der Waals surface area contributed by atoms with E-state index < -0.39 is 5.79 Å². The van der Waals surface area contributed by atoms with Crippen molar-refractivity contribution in [1.29, 1.82) is 0 Å². The molecule has 1 N–H and O–H groups in total. The fraction of sp³-hybridized carbons (Fsp3) is 0.938. The molecule has 1 spiro atoms. The normalized spacial score (nSPS) is 25.7. The molecule has 0 aromatic rings. The molecule has 22 heavy (non-hydrogen) atoms. The van der Waals surface area contributed by atoms with Gasteiger partial charge in [-0.25, -0.2) is 4.79 Å². The molecule has 0 aromatic carbocycles. The maximum atomic E-state index is 12.3. The maximum absolute atomic E-state index is 12.3. The lowest BCUT2D eigenvalue weighted by Gasteiger charge is -2.38. The summed E-state index contributed by atoms with van der Waals surface area (Å²) in [5, 5.41) is 2.99. The van der Waals surface area contributed by atoms with E-state index in [4.69, 9.17) is 14.2 Å². The molecule has 0 aliphatic carbocycles. The molecular formula is C16H30N2O4. The smallest absolute Gasteiger partial charge is 0.317 e. The summed E-state index contributed by atoms with van der Waals surface area (Å²) in [6.45, 7) is 11.5. The van der Waals surface area contributed by atoms with E-state index in [1.54, 1.807) is 0 Å². The molecule has 2 rings (SSSR count). The molecule has 2 aliphatic rings. The number of carbonyl (C=O) groups excluding carboxylic acids is 1. The minimum atomic E-state index is -0.456. The van der Waals surface area contributed by atoms with Crippen molar-refractivity contribution in [3.05, 3.63) is 0 Å². The monoisotopic (exact) mass is 314 g/mol. The summed E-state index contributed by atoms with van der Waals surface area (Å²) in [4.78, 5) is 14.1. The Kier molecular flexibility index (Phi) is 6.06. The summed E-state index contributed by atoms with van der Waals surface area (Å²) in [5.41, 5.74) is 0. The second-order valence-corrected chi connectivity index (χ2v) is 6.92. The van der Waals surface area contributed by atoms with Crippen LogP contribution < -0.4 is 5.32 Å². The van der Waals surface area contributed by atoms with Gasteiger partial charge < -0.3 is 24.4 Å². The molecule has 2 aliphatic heterocycles. The van der Waals surface area contributed by atoms with Gasteiger partial charge in [0.05, 0.1) is 25.4 Å². The summed E-state index contributed by atoms with van der Waals surface area (Å²) >= 11 is 0. The summed E-state index contributed by atoms with van der Waals surface area (Å²) in [6, 6.07) is -0.0114. The summed E-state index contributed by atoms with van der Waals surface area (Å²) < 4.78 is 17.2. The number of nitrogens with zero attached hydrogens (tertiary/aromatic N) is 1. The number of piperidine rings is 1. The quantitative estimate of drug-likeness (QED) is 0.843. The zero-order valence-corrected chi connectivity index (χ0v) is 14.3. The van der Waals surface area contributed by atoms with Gasteiger partial charge in [0.2, 0.25) is 0 Å². The van der Waals surface area contributed by atoms with Crippen molar-refractivity contribution in [2.75, 3.05) is 32.9 Å². The summed E-state index contributed by atoms with van der Waals surface area (Å²) in [5.74, 6) is 0.0531. The Morgan fingerprint density at radius 3 is 2.55 bits per heavy atom. The molecule has 2 atom stereocenters. The Morgan fingerprint density at radius 1 is 1.32 bits per heavy atom. The Morgan fingerprint density at radius 2 is 2.00 bits per heavy atom. The van der Waals surface area contributed by atoms with E-state index in [1.165, 1.54) is 0 Å². The third-order valence-corrected chi connectivity index (χ3v) is 4.00. The molecule has 2 saturated heterocycles. The largest absolute Gasteiger partial charge is 0.379 e. The van der Waals surface area contributed by atoms with Gasteiger partial charge in [-0.2, -0.15) is 0 Å². The Balaban J connectivity index is 1.68. The van der Waals surface area contributed by atoms with Gasteiger partial charge >= 0.3 is 6.03 Å². The van der Waals surface area contributed by atoms with E-state index in [0.717, 1.165) is 19.4 Å². The maximum Gasteiger partial charge on any atom is 0.317 e. The fourth-order valence-electron chi connectivity index (χ4n) is 2.84. The standard InChI is InChI=1S/C16H30N2O4/c1-12(2)9-20-10-13(3)17-15(19)18-7-5-16(6-8-18)21-11-14(4)22-16/h12-14H,5-11H2,1-4H3,(H,17,19)/t13-,14-/m0/s1. The van der Waals surface area contributed by atoms with Crippen LogP contribution in [0.15, 0.2) is 0 Å². The highest BCUT2D eigenvalue weighted by Gasteiger charge is 2.43. The second kappa shape index (κ2) is 7.62. The first-order chi connectivity index (χ1) is 10.4. The van der Waals surface area contributed by atoms with Crippen LogP contribution in [0.2, 0.25) is 0 Å². The van der Waals surface area contributed by atoms with Gasteiger partial charge in [0.15, 0.2) is 5.79 Å². The Hall–Kier alpha value is -0.850. The van der Waals surface area contributed by atoms with Gasteiger partial charge in [-0.3, -0.25) is 0 Å². The number of likely N-dealkylation sites (tertiary alicyclic amines) is 1. The molecule has 0 radical (unpaired) electrons. The fourth-order valence-corrected chi connectivity index (χ4v) is 2.84. The van der Waals surface area contributed by atoms with Crippen LogP contribution in [-0.4, -0.2) is 61.8 Å². The molecule has 2 heterocycles. The van der Waals surface area contributed by atoms with Crippen LogP contribution in [0.5, 0.6) is 0 Å². The number of ether oxygens (including phenoxy) is 3. The molecule has 0 unspecified atom stereocenters. The summed E-state index contributed by atoms with van der Waals surface area (Å²) in [7, 11) is 0. The number of hydrogen-bond donors (Lipinski definition) is 1. The molecule has 2 amide bonds. The molecule has 0 bridgehead atoms. The Bertz CT molecular complexity index is 367. The van der Waals surface area contributed by atoms with E-state index in [1.807, 2.05) is 18.7 Å². The average molecular weight is 314 g/mol. The van der Waals surface area contributed by atoms with Gasteiger partial charge in [0.25, 0.3) is 0 Å². The molecule has 128 valence electrons. The van der Waals surface area contributed by atoms with Crippen molar-refractivity contribution < 1.29 is 19.0 Å². The first-order valence-electron chi connectivity index (χ1n) is 8.35. The van der Waals surface area contributed by atoms with E-state index in [-0.39, 0.29) is 18.2 Å². The highest BCUT2D eigenvalue weighted by atomic mass is 16.7. The minimum Gasteiger partial charge on any atom is -0.379 e. The predicted molar refractivity (Wildman–Crippen MR) is 83.7 cm³/mol. The van der Waals surface area contributed by atoms with Crippen LogP contribution in [0.3, 0.4) is 0 Å². The molecule has 6 heteroatoms. The van der Waals surface area contributed by atoms with Gasteiger partial charge in [-0.05, 0) is 19.8 Å². The van der Waals surface area contributed by atoms with Crippen molar-refractivity contribution in [3.8, 4) is 0 Å². The first kappa shape index (κ1) is 17.5. The predicted octanol–water partition coefficient (Wildman–Crippen LogP) is 1.98. The van der Waals surface area contributed by atoms with Crippen LogP contribution in [-0.2, 0) is 14.2 Å².